The SMILES string of the molecule is COC(=O)C(=O)NCc1ccc(C)c(C)c1C. The largest absolute Gasteiger partial charge is 0.462 e. The Balaban J connectivity index is 2.74. The van der Waals surface area contributed by atoms with Crippen molar-refractivity contribution in [2.24, 2.45) is 0 Å². The number of carbonyl (C=O) groups is 2. The Morgan fingerprint density at radius 2 is 1.82 bits per heavy atom. The van der Waals surface area contributed by atoms with Gasteiger partial charge in [-0.15, -0.1) is 0 Å². The molecule has 0 bridgehead atoms. The number of hydrogen-bond acceptors (Lipinski definition) is 3. The van der Waals surface area contributed by atoms with Crippen LogP contribution in [0.4, 0.5) is 0 Å². The van der Waals surface area contributed by atoms with Gasteiger partial charge in [-0.05, 0) is 43.0 Å². The van der Waals surface area contributed by atoms with Gasteiger partial charge in [-0.3, -0.25) is 4.79 Å². The third-order valence-electron chi connectivity index (χ3n) is 2.98. The first-order valence-electron chi connectivity index (χ1n) is 5.39. The predicted octanol–water partition coefficient (Wildman–Crippen LogP) is 1.40. The van der Waals surface area contributed by atoms with Gasteiger partial charge in [-0.2, -0.15) is 0 Å². The zero-order valence-electron chi connectivity index (χ0n) is 10.6. The zero-order valence-corrected chi connectivity index (χ0v) is 10.6. The summed E-state index contributed by atoms with van der Waals surface area (Å²) < 4.78 is 4.32. The first-order valence-corrected chi connectivity index (χ1v) is 5.39. The van der Waals surface area contributed by atoms with E-state index in [4.69, 9.17) is 0 Å². The molecule has 17 heavy (non-hydrogen) atoms. The standard InChI is InChI=1S/C13H17NO3/c1-8-5-6-11(10(3)9(8)2)7-14-12(15)13(16)17-4/h5-6H,7H2,1-4H3,(H,14,15). The van der Waals surface area contributed by atoms with Crippen molar-refractivity contribution >= 4 is 11.9 Å². The fourth-order valence-electron chi connectivity index (χ4n) is 1.54. The molecule has 0 aliphatic heterocycles. The van der Waals surface area contributed by atoms with E-state index in [1.165, 1.54) is 18.2 Å². The van der Waals surface area contributed by atoms with Crippen molar-refractivity contribution in [3.63, 3.8) is 0 Å². The van der Waals surface area contributed by atoms with Gasteiger partial charge in [0.1, 0.15) is 0 Å². The highest BCUT2D eigenvalue weighted by Gasteiger charge is 2.13. The average molecular weight is 235 g/mol. The van der Waals surface area contributed by atoms with Crippen LogP contribution in [0.5, 0.6) is 0 Å². The molecule has 0 fully saturated rings. The van der Waals surface area contributed by atoms with E-state index in [1.54, 1.807) is 0 Å². The summed E-state index contributed by atoms with van der Waals surface area (Å²) in [4.78, 5) is 22.1. The van der Waals surface area contributed by atoms with Gasteiger partial charge in [0.05, 0.1) is 7.11 Å². The number of methoxy groups -OCH3 is 1. The molecule has 1 amide bonds. The quantitative estimate of drug-likeness (QED) is 0.622. The molecule has 0 aromatic heterocycles. The Labute approximate surface area is 101 Å². The maximum Gasteiger partial charge on any atom is 0.396 e. The van der Waals surface area contributed by atoms with E-state index in [0.717, 1.165) is 11.1 Å². The van der Waals surface area contributed by atoms with Crippen LogP contribution in [0.1, 0.15) is 22.3 Å². The number of benzene rings is 1. The molecule has 0 aliphatic rings. The lowest BCUT2D eigenvalue weighted by Crippen LogP contribution is -2.31. The topological polar surface area (TPSA) is 55.4 Å². The fourth-order valence-corrected chi connectivity index (χ4v) is 1.54. The number of carbonyl (C=O) groups excluding carboxylic acids is 2. The van der Waals surface area contributed by atoms with Gasteiger partial charge in [-0.25, -0.2) is 4.79 Å². The first-order chi connectivity index (χ1) is 7.97. The minimum absolute atomic E-state index is 0.334. The van der Waals surface area contributed by atoms with Crippen molar-refractivity contribution in [2.45, 2.75) is 27.3 Å². The normalized spacial score (nSPS) is 9.88. The van der Waals surface area contributed by atoms with Gasteiger partial charge in [0, 0.05) is 6.54 Å². The summed E-state index contributed by atoms with van der Waals surface area (Å²) in [5.74, 6) is -1.59. The van der Waals surface area contributed by atoms with Crippen molar-refractivity contribution in [2.75, 3.05) is 7.11 Å². The van der Waals surface area contributed by atoms with Crippen LogP contribution in [0.15, 0.2) is 12.1 Å². The molecule has 0 heterocycles. The molecule has 4 heteroatoms. The summed E-state index contributed by atoms with van der Waals surface area (Å²) in [5, 5.41) is 2.52. The van der Waals surface area contributed by atoms with Crippen LogP contribution < -0.4 is 5.32 Å². The summed E-state index contributed by atoms with van der Waals surface area (Å²) in [5.41, 5.74) is 4.56. The van der Waals surface area contributed by atoms with Gasteiger partial charge < -0.3 is 10.1 Å². The molecule has 0 radical (unpaired) electrons. The third-order valence-corrected chi connectivity index (χ3v) is 2.98. The second-order valence-corrected chi connectivity index (χ2v) is 3.97. The number of nitrogens with one attached hydrogen (secondary N) is 1. The molecule has 1 N–H and O–H groups in total. The molecule has 0 atom stereocenters. The molecule has 0 saturated heterocycles. The van der Waals surface area contributed by atoms with Crippen LogP contribution in [-0.2, 0) is 20.9 Å². The molecule has 0 saturated carbocycles. The molecule has 0 unspecified atom stereocenters. The molecule has 1 aromatic rings. The second-order valence-electron chi connectivity index (χ2n) is 3.97. The molecular weight excluding hydrogens is 218 g/mol. The molecule has 92 valence electrons. The summed E-state index contributed by atoms with van der Waals surface area (Å²) >= 11 is 0. The second kappa shape index (κ2) is 5.48. The van der Waals surface area contributed by atoms with Crippen molar-refractivity contribution < 1.29 is 14.3 Å². The van der Waals surface area contributed by atoms with E-state index in [9.17, 15) is 9.59 Å². The van der Waals surface area contributed by atoms with Crippen molar-refractivity contribution in [3.8, 4) is 0 Å². The van der Waals surface area contributed by atoms with E-state index >= 15 is 0 Å². The van der Waals surface area contributed by atoms with E-state index in [-0.39, 0.29) is 0 Å². The van der Waals surface area contributed by atoms with Crippen molar-refractivity contribution in [1.82, 2.24) is 5.32 Å². The van der Waals surface area contributed by atoms with Crippen LogP contribution in [0, 0.1) is 20.8 Å². The molecule has 1 aromatic carbocycles. The number of esters is 1. The van der Waals surface area contributed by atoms with Gasteiger partial charge in [0.15, 0.2) is 0 Å². The van der Waals surface area contributed by atoms with Crippen LogP contribution >= 0.6 is 0 Å². The van der Waals surface area contributed by atoms with Gasteiger partial charge >= 0.3 is 11.9 Å². The van der Waals surface area contributed by atoms with E-state index < -0.39 is 11.9 Å². The summed E-state index contributed by atoms with van der Waals surface area (Å²) in [6.45, 7) is 6.41. The maximum atomic E-state index is 11.2. The van der Waals surface area contributed by atoms with E-state index in [1.807, 2.05) is 32.9 Å². The van der Waals surface area contributed by atoms with Crippen molar-refractivity contribution in [3.05, 3.63) is 34.4 Å². The molecule has 0 aliphatic carbocycles. The smallest absolute Gasteiger partial charge is 0.396 e. The molecule has 4 nitrogen and oxygen atoms in total. The van der Waals surface area contributed by atoms with Crippen LogP contribution in [-0.4, -0.2) is 19.0 Å². The highest BCUT2D eigenvalue weighted by molar-refractivity contribution is 6.32. The lowest BCUT2D eigenvalue weighted by Gasteiger charge is -2.11. The highest BCUT2D eigenvalue weighted by Crippen LogP contribution is 2.16. The highest BCUT2D eigenvalue weighted by atomic mass is 16.5. The molecule has 1 rings (SSSR count). The Hall–Kier alpha value is -1.84. The number of ether oxygens (including phenoxy) is 1. The van der Waals surface area contributed by atoms with Gasteiger partial charge in [0.2, 0.25) is 0 Å². The van der Waals surface area contributed by atoms with E-state index in [2.05, 4.69) is 10.1 Å². The Morgan fingerprint density at radius 1 is 1.18 bits per heavy atom. The number of aryl methyl sites for hydroxylation is 1. The van der Waals surface area contributed by atoms with Crippen LogP contribution in [0.2, 0.25) is 0 Å². The summed E-state index contributed by atoms with van der Waals surface area (Å²) in [6.07, 6.45) is 0. The monoisotopic (exact) mass is 235 g/mol. The first kappa shape index (κ1) is 13.2. The van der Waals surface area contributed by atoms with Crippen LogP contribution in [0.25, 0.3) is 0 Å². The minimum atomic E-state index is -0.869. The fraction of sp³-hybridized carbons (Fsp3) is 0.385. The maximum absolute atomic E-state index is 11.2. The summed E-state index contributed by atoms with van der Waals surface area (Å²) in [6, 6.07) is 3.96. The predicted molar refractivity (Wildman–Crippen MR) is 64.5 cm³/mol. The number of rotatable bonds is 2. The van der Waals surface area contributed by atoms with E-state index in [0.29, 0.717) is 6.54 Å². The minimum Gasteiger partial charge on any atom is -0.462 e. The molecule has 0 spiro atoms. The Morgan fingerprint density at radius 3 is 2.41 bits per heavy atom. The number of amides is 1. The zero-order chi connectivity index (χ0) is 13.0. The lowest BCUT2D eigenvalue weighted by molar-refractivity contribution is -0.152. The molecular formula is C13H17NO3. The Kier molecular flexibility index (Phi) is 4.26. The average Bonchev–Trinajstić information content (AvgIpc) is 2.33. The van der Waals surface area contributed by atoms with Gasteiger partial charge in [-0.1, -0.05) is 12.1 Å². The number of hydrogen-bond donors (Lipinski definition) is 1. The summed E-state index contributed by atoms with van der Waals surface area (Å²) in [7, 11) is 1.18. The van der Waals surface area contributed by atoms with Crippen molar-refractivity contribution in [1.29, 1.82) is 0 Å². The van der Waals surface area contributed by atoms with Crippen LogP contribution in [0.3, 0.4) is 0 Å². The van der Waals surface area contributed by atoms with Gasteiger partial charge in [0.25, 0.3) is 0 Å². The lowest BCUT2D eigenvalue weighted by atomic mass is 9.99. The Bertz CT molecular complexity index is 452. The third kappa shape index (κ3) is 3.06.